The van der Waals surface area contributed by atoms with Gasteiger partial charge in [-0.25, -0.2) is 0 Å². The molecule has 3 aromatic rings. The van der Waals surface area contributed by atoms with E-state index in [0.717, 1.165) is 0 Å². The maximum atomic E-state index is 2.45. The molecule has 2 aliphatic rings. The standard InChI is InChI=1S/C29H33B.C2H6/c1-27(2)18-30(19-28(27,3)4)22-11-9-10-20(16-22)21-14-15-26-24(17-21)23-12-7-8-13-25(23)29(26,5)6;1-2/h7-17H,18-19H2,1-6H3;1-2H3. The lowest BCUT2D eigenvalue weighted by molar-refractivity contribution is 0.177. The minimum atomic E-state index is 0.0767. The predicted octanol–water partition coefficient (Wildman–Crippen LogP) is 8.45. The maximum absolute atomic E-state index is 2.45. The highest BCUT2D eigenvalue weighted by molar-refractivity contribution is 6.74. The van der Waals surface area contributed by atoms with Crippen LogP contribution >= 0.6 is 0 Å². The third kappa shape index (κ3) is 3.55. The summed E-state index contributed by atoms with van der Waals surface area (Å²) in [7, 11) is 0. The molecule has 0 radical (unpaired) electrons. The molecule has 0 atom stereocenters. The first-order chi connectivity index (χ1) is 15.1. The number of benzene rings is 3. The summed E-state index contributed by atoms with van der Waals surface area (Å²) >= 11 is 0. The third-order valence-corrected chi connectivity index (χ3v) is 8.62. The topological polar surface area (TPSA) is 0 Å². The lowest BCUT2D eigenvalue weighted by atomic mass is 9.42. The summed E-state index contributed by atoms with van der Waals surface area (Å²) in [5, 5.41) is 0. The molecule has 0 N–H and O–H groups in total. The number of hydrogen-bond acceptors (Lipinski definition) is 0. The molecular formula is C31H39B. The first-order valence-corrected chi connectivity index (χ1v) is 12.4. The molecule has 0 aromatic heterocycles. The van der Waals surface area contributed by atoms with E-state index in [-0.39, 0.29) is 5.41 Å². The molecule has 5 rings (SSSR count). The summed E-state index contributed by atoms with van der Waals surface area (Å²) in [5.74, 6) is 0. The van der Waals surface area contributed by atoms with Crippen LogP contribution in [-0.2, 0) is 5.41 Å². The van der Waals surface area contributed by atoms with Crippen LogP contribution in [0.15, 0.2) is 66.7 Å². The molecule has 32 heavy (non-hydrogen) atoms. The Bertz CT molecular complexity index is 1120. The summed E-state index contributed by atoms with van der Waals surface area (Å²) in [6, 6.07) is 25.4. The van der Waals surface area contributed by atoms with E-state index in [1.807, 2.05) is 13.8 Å². The zero-order valence-electron chi connectivity index (χ0n) is 21.3. The van der Waals surface area contributed by atoms with Gasteiger partial charge in [0, 0.05) is 5.41 Å². The van der Waals surface area contributed by atoms with Crippen LogP contribution in [0.2, 0.25) is 12.6 Å². The Morgan fingerprint density at radius 2 is 1.19 bits per heavy atom. The van der Waals surface area contributed by atoms with Gasteiger partial charge in [0.05, 0.1) is 0 Å². The molecule has 0 nitrogen and oxygen atoms in total. The fourth-order valence-corrected chi connectivity index (χ4v) is 5.96. The van der Waals surface area contributed by atoms with Crippen LogP contribution in [-0.4, -0.2) is 6.71 Å². The number of fused-ring (bicyclic) bond motifs is 3. The quantitative estimate of drug-likeness (QED) is 0.363. The van der Waals surface area contributed by atoms with Crippen molar-refractivity contribution in [3.63, 3.8) is 0 Å². The van der Waals surface area contributed by atoms with E-state index in [0.29, 0.717) is 17.5 Å². The molecule has 1 heterocycles. The second-order valence-electron chi connectivity index (χ2n) is 11.4. The van der Waals surface area contributed by atoms with Crippen molar-refractivity contribution in [2.45, 2.75) is 73.4 Å². The molecular weight excluding hydrogens is 383 g/mol. The van der Waals surface area contributed by atoms with E-state index < -0.39 is 0 Å². The van der Waals surface area contributed by atoms with Gasteiger partial charge in [0.15, 0.2) is 6.71 Å². The van der Waals surface area contributed by atoms with Crippen molar-refractivity contribution < 1.29 is 0 Å². The Balaban J connectivity index is 0.00000119. The fraction of sp³-hybridized carbons (Fsp3) is 0.419. The van der Waals surface area contributed by atoms with Crippen LogP contribution in [0, 0.1) is 10.8 Å². The van der Waals surface area contributed by atoms with Crippen molar-refractivity contribution >= 4 is 12.2 Å². The molecule has 1 aliphatic carbocycles. The van der Waals surface area contributed by atoms with Crippen molar-refractivity contribution in [1.29, 1.82) is 0 Å². The molecule has 1 aliphatic heterocycles. The van der Waals surface area contributed by atoms with Crippen molar-refractivity contribution in [2.75, 3.05) is 0 Å². The minimum Gasteiger partial charge on any atom is -0.0794 e. The summed E-state index contributed by atoms with van der Waals surface area (Å²) in [4.78, 5) is 0. The van der Waals surface area contributed by atoms with Gasteiger partial charge in [0.2, 0.25) is 0 Å². The average molecular weight is 422 g/mol. The van der Waals surface area contributed by atoms with Gasteiger partial charge in [-0.15, -0.1) is 0 Å². The van der Waals surface area contributed by atoms with E-state index in [2.05, 4.69) is 108 Å². The van der Waals surface area contributed by atoms with Crippen molar-refractivity contribution in [1.82, 2.24) is 0 Å². The van der Waals surface area contributed by atoms with Crippen molar-refractivity contribution in [3.8, 4) is 22.3 Å². The van der Waals surface area contributed by atoms with Crippen LogP contribution in [0.3, 0.4) is 0 Å². The van der Waals surface area contributed by atoms with Crippen LogP contribution in [0.4, 0.5) is 0 Å². The largest absolute Gasteiger partial charge is 0.176 e. The normalized spacial score (nSPS) is 19.1. The Labute approximate surface area is 196 Å². The van der Waals surface area contributed by atoms with E-state index in [9.17, 15) is 0 Å². The molecule has 1 saturated heterocycles. The minimum absolute atomic E-state index is 0.0767. The Morgan fingerprint density at radius 3 is 1.88 bits per heavy atom. The Kier molecular flexibility index (Phi) is 5.68. The highest BCUT2D eigenvalue weighted by Crippen LogP contribution is 2.53. The van der Waals surface area contributed by atoms with Crippen molar-refractivity contribution in [2.24, 2.45) is 10.8 Å². The summed E-state index contributed by atoms with van der Waals surface area (Å²) in [6.07, 6.45) is 2.55. The zero-order valence-corrected chi connectivity index (χ0v) is 21.3. The second-order valence-corrected chi connectivity index (χ2v) is 11.4. The first-order valence-electron chi connectivity index (χ1n) is 12.4. The fourth-order valence-electron chi connectivity index (χ4n) is 5.96. The molecule has 0 saturated carbocycles. The Hall–Kier alpha value is -2.28. The van der Waals surface area contributed by atoms with Gasteiger partial charge in [-0.1, -0.05) is 134 Å². The first kappa shape index (κ1) is 22.9. The van der Waals surface area contributed by atoms with Gasteiger partial charge in [0.25, 0.3) is 0 Å². The molecule has 0 spiro atoms. The summed E-state index contributed by atoms with van der Waals surface area (Å²) in [5.41, 5.74) is 10.7. The SMILES string of the molecule is CC.CC1(C)c2ccccc2-c2cc(-c3cccc(B4CC(C)(C)C(C)(C)C4)c3)ccc21. The van der Waals surface area contributed by atoms with E-state index in [1.165, 1.54) is 51.5 Å². The molecule has 3 aromatic carbocycles. The van der Waals surface area contributed by atoms with Crippen LogP contribution < -0.4 is 5.46 Å². The molecule has 0 amide bonds. The average Bonchev–Trinajstić information content (AvgIpc) is 3.15. The molecule has 1 fully saturated rings. The van der Waals surface area contributed by atoms with E-state index in [4.69, 9.17) is 0 Å². The van der Waals surface area contributed by atoms with Gasteiger partial charge in [-0.2, -0.15) is 0 Å². The maximum Gasteiger partial charge on any atom is 0.176 e. The highest BCUT2D eigenvalue weighted by Gasteiger charge is 2.48. The molecule has 1 heteroatoms. The zero-order chi connectivity index (χ0) is 23.3. The lowest BCUT2D eigenvalue weighted by Gasteiger charge is -2.35. The van der Waals surface area contributed by atoms with Crippen LogP contribution in [0.5, 0.6) is 0 Å². The van der Waals surface area contributed by atoms with Gasteiger partial charge >= 0.3 is 0 Å². The lowest BCUT2D eigenvalue weighted by Crippen LogP contribution is -2.27. The smallest absolute Gasteiger partial charge is 0.0794 e. The molecule has 166 valence electrons. The molecule has 0 bridgehead atoms. The highest BCUT2D eigenvalue weighted by atomic mass is 14.4. The van der Waals surface area contributed by atoms with E-state index >= 15 is 0 Å². The van der Waals surface area contributed by atoms with E-state index in [1.54, 1.807) is 0 Å². The monoisotopic (exact) mass is 422 g/mol. The van der Waals surface area contributed by atoms with Gasteiger partial charge in [-0.3, -0.25) is 0 Å². The second kappa shape index (κ2) is 7.94. The van der Waals surface area contributed by atoms with Gasteiger partial charge < -0.3 is 0 Å². The molecule has 0 unspecified atom stereocenters. The Morgan fingerprint density at radius 1 is 0.594 bits per heavy atom. The third-order valence-electron chi connectivity index (χ3n) is 8.62. The van der Waals surface area contributed by atoms with Crippen LogP contribution in [0.1, 0.15) is 66.5 Å². The van der Waals surface area contributed by atoms with Crippen molar-refractivity contribution in [3.05, 3.63) is 77.9 Å². The van der Waals surface area contributed by atoms with Crippen LogP contribution in [0.25, 0.3) is 22.3 Å². The number of rotatable bonds is 2. The number of hydrogen-bond donors (Lipinski definition) is 0. The summed E-state index contributed by atoms with van der Waals surface area (Å²) in [6.45, 7) is 19.1. The predicted molar refractivity (Wildman–Crippen MR) is 143 cm³/mol. The summed E-state index contributed by atoms with van der Waals surface area (Å²) < 4.78 is 0. The van der Waals surface area contributed by atoms with Gasteiger partial charge in [-0.05, 0) is 50.3 Å². The van der Waals surface area contributed by atoms with Gasteiger partial charge in [0.1, 0.15) is 0 Å².